The van der Waals surface area contributed by atoms with E-state index in [-0.39, 0.29) is 5.97 Å². The van der Waals surface area contributed by atoms with Gasteiger partial charge in [0.15, 0.2) is 0 Å². The third kappa shape index (κ3) is 2.06. The van der Waals surface area contributed by atoms with E-state index in [1.807, 2.05) is 12.1 Å². The van der Waals surface area contributed by atoms with Gasteiger partial charge in [0, 0.05) is 6.08 Å². The maximum absolute atomic E-state index is 11.3. The van der Waals surface area contributed by atoms with Gasteiger partial charge in [0.1, 0.15) is 0 Å². The first-order valence-electron chi connectivity index (χ1n) is 6.38. The molecule has 3 rings (SSSR count). The lowest BCUT2D eigenvalue weighted by atomic mass is 9.80. The highest BCUT2D eigenvalue weighted by atomic mass is 16.5. The van der Waals surface area contributed by atoms with Gasteiger partial charge in [0.05, 0.1) is 6.61 Å². The largest absolute Gasteiger partial charge is 0.463 e. The van der Waals surface area contributed by atoms with E-state index in [9.17, 15) is 4.79 Å². The summed E-state index contributed by atoms with van der Waals surface area (Å²) in [5.74, 6) is -0.300. The van der Waals surface area contributed by atoms with Gasteiger partial charge in [0.2, 0.25) is 0 Å². The number of hydrogen-bond acceptors (Lipinski definition) is 2. The topological polar surface area (TPSA) is 26.3 Å². The van der Waals surface area contributed by atoms with E-state index in [1.165, 1.54) is 28.3 Å². The molecule has 0 amide bonds. The van der Waals surface area contributed by atoms with Crippen LogP contribution in [0.25, 0.3) is 28.3 Å². The summed E-state index contributed by atoms with van der Waals surface area (Å²) in [5, 5.41) is 0. The van der Waals surface area contributed by atoms with Crippen molar-refractivity contribution in [1.82, 2.24) is 0 Å². The number of carbonyl (C=O) groups excluding carboxylic acids is 1. The molecule has 0 heterocycles. The van der Waals surface area contributed by atoms with E-state index in [0.29, 0.717) is 6.61 Å². The summed E-state index contributed by atoms with van der Waals surface area (Å²) in [7, 11) is 0. The van der Waals surface area contributed by atoms with Crippen LogP contribution in [0.5, 0.6) is 0 Å². The van der Waals surface area contributed by atoms with Crippen LogP contribution < -0.4 is 0 Å². The Morgan fingerprint density at radius 2 is 1.74 bits per heavy atom. The van der Waals surface area contributed by atoms with Crippen molar-refractivity contribution in [1.29, 1.82) is 0 Å². The Bertz CT molecular complexity index is 669. The molecular weight excluding hydrogens is 236 g/mol. The van der Waals surface area contributed by atoms with Crippen LogP contribution in [0.15, 0.2) is 48.5 Å². The molecule has 94 valence electrons. The first-order valence-corrected chi connectivity index (χ1v) is 6.38. The highest BCUT2D eigenvalue weighted by Crippen LogP contribution is 2.47. The molecule has 2 aromatic rings. The van der Waals surface area contributed by atoms with E-state index < -0.39 is 0 Å². The fourth-order valence-corrected chi connectivity index (χ4v) is 2.37. The molecule has 0 fully saturated rings. The molecule has 1 aliphatic carbocycles. The number of rotatable bonds is 3. The van der Waals surface area contributed by atoms with Gasteiger partial charge in [-0.15, -0.1) is 0 Å². The van der Waals surface area contributed by atoms with Gasteiger partial charge in [-0.25, -0.2) is 4.79 Å². The standard InChI is InChI=1S/C17H14O2/c1-2-19-17(18)10-8-12-7-9-15-13-5-3-4-6-14(13)16(15)11-12/h3-11H,2H2,1H3. The van der Waals surface area contributed by atoms with E-state index in [1.54, 1.807) is 13.0 Å². The smallest absolute Gasteiger partial charge is 0.330 e. The van der Waals surface area contributed by atoms with Crippen LogP contribution in [0.3, 0.4) is 0 Å². The lowest BCUT2D eigenvalue weighted by Crippen LogP contribution is -1.99. The summed E-state index contributed by atoms with van der Waals surface area (Å²) in [6, 6.07) is 14.6. The van der Waals surface area contributed by atoms with Crippen LogP contribution in [0.1, 0.15) is 12.5 Å². The normalized spacial score (nSPS) is 11.6. The first-order chi connectivity index (χ1) is 9.29. The number of esters is 1. The average molecular weight is 250 g/mol. The molecule has 0 saturated heterocycles. The van der Waals surface area contributed by atoms with Crippen LogP contribution in [0.4, 0.5) is 0 Å². The summed E-state index contributed by atoms with van der Waals surface area (Å²) < 4.78 is 4.86. The molecule has 0 bridgehead atoms. The van der Waals surface area contributed by atoms with Gasteiger partial charge < -0.3 is 4.74 Å². The molecule has 2 nitrogen and oxygen atoms in total. The highest BCUT2D eigenvalue weighted by Gasteiger charge is 2.20. The zero-order chi connectivity index (χ0) is 13.2. The van der Waals surface area contributed by atoms with Gasteiger partial charge in [0.25, 0.3) is 0 Å². The fraction of sp³-hybridized carbons (Fsp3) is 0.118. The fourth-order valence-electron chi connectivity index (χ4n) is 2.37. The van der Waals surface area contributed by atoms with Crippen molar-refractivity contribution in [2.24, 2.45) is 0 Å². The third-order valence-corrected chi connectivity index (χ3v) is 3.25. The molecule has 0 unspecified atom stereocenters. The molecule has 0 aliphatic heterocycles. The van der Waals surface area contributed by atoms with Crippen molar-refractivity contribution in [3.63, 3.8) is 0 Å². The molecule has 0 atom stereocenters. The van der Waals surface area contributed by atoms with Gasteiger partial charge in [-0.1, -0.05) is 36.4 Å². The minimum atomic E-state index is -0.300. The zero-order valence-corrected chi connectivity index (χ0v) is 10.7. The van der Waals surface area contributed by atoms with Gasteiger partial charge in [-0.3, -0.25) is 0 Å². The molecule has 2 heteroatoms. The summed E-state index contributed by atoms with van der Waals surface area (Å²) in [6.07, 6.45) is 3.26. The number of fused-ring (bicyclic) bond motifs is 4. The predicted octanol–water partition coefficient (Wildman–Crippen LogP) is 3.91. The summed E-state index contributed by atoms with van der Waals surface area (Å²) in [5.41, 5.74) is 6.13. The third-order valence-electron chi connectivity index (χ3n) is 3.25. The van der Waals surface area contributed by atoms with Gasteiger partial charge >= 0.3 is 5.97 Å². The Morgan fingerprint density at radius 3 is 2.47 bits per heavy atom. The lowest BCUT2D eigenvalue weighted by molar-refractivity contribution is -0.137. The highest BCUT2D eigenvalue weighted by molar-refractivity contribution is 6.03. The number of benzene rings is 2. The summed E-state index contributed by atoms with van der Waals surface area (Å²) in [4.78, 5) is 11.3. The van der Waals surface area contributed by atoms with Gasteiger partial charge in [-0.05, 0) is 46.9 Å². The maximum Gasteiger partial charge on any atom is 0.330 e. The van der Waals surface area contributed by atoms with Gasteiger partial charge in [-0.2, -0.15) is 0 Å². The van der Waals surface area contributed by atoms with Crippen LogP contribution in [0, 0.1) is 0 Å². The monoisotopic (exact) mass is 250 g/mol. The molecule has 0 N–H and O–H groups in total. The number of hydrogen-bond donors (Lipinski definition) is 0. The predicted molar refractivity (Wildman–Crippen MR) is 76.5 cm³/mol. The molecule has 0 spiro atoms. The Hall–Kier alpha value is -2.35. The number of ether oxygens (including phenoxy) is 1. The van der Waals surface area contributed by atoms with Crippen molar-refractivity contribution in [2.75, 3.05) is 6.61 Å². The zero-order valence-electron chi connectivity index (χ0n) is 10.7. The molecule has 19 heavy (non-hydrogen) atoms. The Balaban J connectivity index is 1.85. The Labute approximate surface area is 112 Å². The van der Waals surface area contributed by atoms with E-state index >= 15 is 0 Å². The van der Waals surface area contributed by atoms with Crippen LogP contribution in [-0.2, 0) is 9.53 Å². The lowest BCUT2D eigenvalue weighted by Gasteiger charge is -2.23. The van der Waals surface area contributed by atoms with E-state index in [2.05, 4.69) is 30.3 Å². The van der Waals surface area contributed by atoms with Crippen LogP contribution >= 0.6 is 0 Å². The quantitative estimate of drug-likeness (QED) is 0.520. The van der Waals surface area contributed by atoms with E-state index in [4.69, 9.17) is 4.74 Å². The molecule has 0 radical (unpaired) electrons. The SMILES string of the molecule is CCOC(=O)C=Cc1ccc2c(c1)-c1ccccc1-2. The van der Waals surface area contributed by atoms with Crippen molar-refractivity contribution < 1.29 is 9.53 Å². The Morgan fingerprint density at radius 1 is 1.05 bits per heavy atom. The first kappa shape index (κ1) is 11.7. The maximum atomic E-state index is 11.3. The minimum Gasteiger partial charge on any atom is -0.463 e. The minimum absolute atomic E-state index is 0.300. The van der Waals surface area contributed by atoms with E-state index in [0.717, 1.165) is 5.56 Å². The molecule has 1 aliphatic rings. The molecule has 0 saturated carbocycles. The molecular formula is C17H14O2. The molecule has 0 aromatic heterocycles. The van der Waals surface area contributed by atoms with Crippen molar-refractivity contribution in [3.8, 4) is 22.3 Å². The average Bonchev–Trinajstić information content (AvgIpc) is 2.43. The second-order valence-electron chi connectivity index (χ2n) is 4.44. The Kier molecular flexibility index (Phi) is 2.92. The van der Waals surface area contributed by atoms with Crippen molar-refractivity contribution >= 4 is 12.0 Å². The van der Waals surface area contributed by atoms with Crippen molar-refractivity contribution in [3.05, 3.63) is 54.1 Å². The van der Waals surface area contributed by atoms with Crippen LogP contribution in [-0.4, -0.2) is 12.6 Å². The summed E-state index contributed by atoms with van der Waals surface area (Å²) >= 11 is 0. The second kappa shape index (κ2) is 4.73. The van der Waals surface area contributed by atoms with Crippen LogP contribution in [0.2, 0.25) is 0 Å². The second-order valence-corrected chi connectivity index (χ2v) is 4.44. The molecule has 2 aromatic carbocycles. The van der Waals surface area contributed by atoms with Crippen molar-refractivity contribution in [2.45, 2.75) is 6.92 Å². The number of carbonyl (C=O) groups is 1. The summed E-state index contributed by atoms with van der Waals surface area (Å²) in [6.45, 7) is 2.20.